The van der Waals surface area contributed by atoms with Crippen molar-refractivity contribution < 1.29 is 19.0 Å². The van der Waals surface area contributed by atoms with Crippen LogP contribution in [-0.2, 0) is 19.7 Å². The fourth-order valence-electron chi connectivity index (χ4n) is 3.84. The van der Waals surface area contributed by atoms with E-state index in [1.807, 2.05) is 18.2 Å². The zero-order valence-electron chi connectivity index (χ0n) is 15.1. The lowest BCUT2D eigenvalue weighted by Crippen LogP contribution is -2.47. The third kappa shape index (κ3) is 4.14. The largest absolute Gasteiger partial charge is 0.496 e. The number of methoxy groups -OCH3 is 1. The van der Waals surface area contributed by atoms with Crippen molar-refractivity contribution in [2.75, 3.05) is 33.4 Å². The number of halogens is 1. The van der Waals surface area contributed by atoms with Gasteiger partial charge in [-0.3, -0.25) is 4.79 Å². The third-order valence-corrected chi connectivity index (χ3v) is 5.68. The highest BCUT2D eigenvalue weighted by atomic mass is 35.5. The number of nitrogens with two attached hydrogens (primary N) is 1. The van der Waals surface area contributed by atoms with Crippen LogP contribution in [0, 0.1) is 0 Å². The van der Waals surface area contributed by atoms with Crippen molar-refractivity contribution in [2.45, 2.75) is 43.3 Å². The summed E-state index contributed by atoms with van der Waals surface area (Å²) in [4.78, 5) is 12.6. The monoisotopic (exact) mass is 382 g/mol. The van der Waals surface area contributed by atoms with Crippen molar-refractivity contribution in [3.05, 3.63) is 28.8 Å². The minimum atomic E-state index is -0.415. The molecule has 0 aromatic heterocycles. The Morgan fingerprint density at radius 1 is 1.38 bits per heavy atom. The molecule has 0 spiro atoms. The Labute approximate surface area is 159 Å². The number of ether oxygens (including phenoxy) is 3. The van der Waals surface area contributed by atoms with Crippen molar-refractivity contribution in [3.63, 3.8) is 0 Å². The van der Waals surface area contributed by atoms with E-state index >= 15 is 0 Å². The number of amides is 1. The van der Waals surface area contributed by atoms with Crippen molar-refractivity contribution >= 4 is 17.5 Å². The first-order valence-electron chi connectivity index (χ1n) is 9.13. The van der Waals surface area contributed by atoms with E-state index in [-0.39, 0.29) is 17.4 Å². The smallest absolute Gasteiger partial charge is 0.249 e. The van der Waals surface area contributed by atoms with Crippen LogP contribution in [-0.4, -0.2) is 51.5 Å². The van der Waals surface area contributed by atoms with Gasteiger partial charge in [-0.15, -0.1) is 0 Å². The Kier molecular flexibility index (Phi) is 6.40. The predicted molar refractivity (Wildman–Crippen MR) is 99.7 cm³/mol. The molecule has 2 aliphatic heterocycles. The molecular weight excluding hydrogens is 356 g/mol. The SMILES string of the molecule is COc1ccc(Cl)cc1C1(CNC(=O)[C@@H]2CC[C@H](CN)O2)CCOCC1. The number of rotatable bonds is 6. The van der Waals surface area contributed by atoms with Gasteiger partial charge in [0.1, 0.15) is 11.9 Å². The summed E-state index contributed by atoms with van der Waals surface area (Å²) < 4.78 is 16.8. The van der Waals surface area contributed by atoms with E-state index in [1.165, 1.54) is 0 Å². The Balaban J connectivity index is 1.76. The molecule has 3 N–H and O–H groups in total. The second kappa shape index (κ2) is 8.57. The molecule has 0 radical (unpaired) electrons. The van der Waals surface area contributed by atoms with Crippen LogP contribution in [0.2, 0.25) is 5.02 Å². The van der Waals surface area contributed by atoms with Crippen molar-refractivity contribution in [1.29, 1.82) is 0 Å². The van der Waals surface area contributed by atoms with Crippen LogP contribution >= 0.6 is 11.6 Å². The zero-order valence-corrected chi connectivity index (χ0v) is 15.9. The van der Waals surface area contributed by atoms with Gasteiger partial charge in [0, 0.05) is 42.3 Å². The third-order valence-electron chi connectivity index (χ3n) is 5.45. The lowest BCUT2D eigenvalue weighted by Gasteiger charge is -2.39. The van der Waals surface area contributed by atoms with E-state index in [0.29, 0.717) is 37.7 Å². The number of carbonyl (C=O) groups is 1. The van der Waals surface area contributed by atoms with E-state index in [0.717, 1.165) is 30.6 Å². The number of hydrogen-bond donors (Lipinski definition) is 2. The molecule has 0 bridgehead atoms. The maximum atomic E-state index is 12.6. The van der Waals surface area contributed by atoms with Crippen LogP contribution in [0.3, 0.4) is 0 Å². The summed E-state index contributed by atoms with van der Waals surface area (Å²) in [6, 6.07) is 5.63. The van der Waals surface area contributed by atoms with Crippen molar-refractivity contribution in [1.82, 2.24) is 5.32 Å². The van der Waals surface area contributed by atoms with E-state index in [9.17, 15) is 4.79 Å². The highest BCUT2D eigenvalue weighted by molar-refractivity contribution is 6.30. The first-order chi connectivity index (χ1) is 12.6. The number of carbonyl (C=O) groups excluding carboxylic acids is 1. The maximum absolute atomic E-state index is 12.6. The second-order valence-corrected chi connectivity index (χ2v) is 7.45. The molecule has 3 rings (SSSR count). The summed E-state index contributed by atoms with van der Waals surface area (Å²) in [5.41, 5.74) is 6.38. The van der Waals surface area contributed by atoms with Gasteiger partial charge in [-0.1, -0.05) is 11.6 Å². The van der Waals surface area contributed by atoms with Gasteiger partial charge >= 0.3 is 0 Å². The van der Waals surface area contributed by atoms with Gasteiger partial charge in [0.25, 0.3) is 0 Å². The summed E-state index contributed by atoms with van der Waals surface area (Å²) >= 11 is 6.25. The first-order valence-corrected chi connectivity index (χ1v) is 9.51. The minimum absolute atomic E-state index is 0.0178. The lowest BCUT2D eigenvalue weighted by atomic mass is 9.73. The molecule has 0 aliphatic carbocycles. The molecule has 0 saturated carbocycles. The normalized spacial score (nSPS) is 25.0. The Hall–Kier alpha value is -1.34. The molecule has 2 fully saturated rings. The van der Waals surface area contributed by atoms with Crippen molar-refractivity contribution in [2.24, 2.45) is 5.73 Å². The molecule has 1 aromatic carbocycles. The zero-order chi connectivity index (χ0) is 18.6. The fraction of sp³-hybridized carbons (Fsp3) is 0.632. The lowest BCUT2D eigenvalue weighted by molar-refractivity contribution is -0.132. The standard InChI is InChI=1S/C19H27ClN2O4/c1-24-16-4-2-13(20)10-15(16)19(6-8-25-9-7-19)12-22-18(23)17-5-3-14(11-21)26-17/h2,4,10,14,17H,3,5-9,11-12,21H2,1H3,(H,22,23)/t14-,17+/m1/s1. The number of hydrogen-bond acceptors (Lipinski definition) is 5. The highest BCUT2D eigenvalue weighted by Gasteiger charge is 2.38. The van der Waals surface area contributed by atoms with Crippen LogP contribution in [0.15, 0.2) is 18.2 Å². The Morgan fingerprint density at radius 2 is 2.15 bits per heavy atom. The molecule has 2 atom stereocenters. The molecule has 26 heavy (non-hydrogen) atoms. The van der Waals surface area contributed by atoms with E-state index in [4.69, 9.17) is 31.5 Å². The van der Waals surface area contributed by atoms with Gasteiger partial charge in [-0.25, -0.2) is 0 Å². The molecule has 2 aliphatic rings. The van der Waals surface area contributed by atoms with Gasteiger partial charge in [-0.05, 0) is 43.9 Å². The van der Waals surface area contributed by atoms with Crippen molar-refractivity contribution in [3.8, 4) is 5.75 Å². The summed E-state index contributed by atoms with van der Waals surface area (Å²) in [6.07, 6.45) is 2.69. The summed E-state index contributed by atoms with van der Waals surface area (Å²) in [5.74, 6) is 0.707. The van der Waals surface area contributed by atoms with E-state index in [1.54, 1.807) is 7.11 Å². The predicted octanol–water partition coefficient (Wildman–Crippen LogP) is 2.02. The molecule has 144 valence electrons. The average molecular weight is 383 g/mol. The van der Waals surface area contributed by atoms with Crippen LogP contribution in [0.4, 0.5) is 0 Å². The van der Waals surface area contributed by atoms with Crippen LogP contribution in [0.5, 0.6) is 5.75 Å². The fourth-order valence-corrected chi connectivity index (χ4v) is 4.01. The van der Waals surface area contributed by atoms with Gasteiger partial charge in [0.05, 0.1) is 13.2 Å². The van der Waals surface area contributed by atoms with Crippen LogP contribution in [0.1, 0.15) is 31.2 Å². The van der Waals surface area contributed by atoms with Gasteiger partial charge < -0.3 is 25.3 Å². The summed E-state index contributed by atoms with van der Waals surface area (Å²) in [6.45, 7) is 2.23. The van der Waals surface area contributed by atoms with Gasteiger partial charge in [0.15, 0.2) is 0 Å². The topological polar surface area (TPSA) is 82.8 Å². The molecule has 2 heterocycles. The molecular formula is C19H27ClN2O4. The summed E-state index contributed by atoms with van der Waals surface area (Å²) in [7, 11) is 1.65. The summed E-state index contributed by atoms with van der Waals surface area (Å²) in [5, 5.41) is 3.75. The highest BCUT2D eigenvalue weighted by Crippen LogP contribution is 2.40. The number of benzene rings is 1. The molecule has 0 unspecified atom stereocenters. The molecule has 1 amide bonds. The second-order valence-electron chi connectivity index (χ2n) is 7.01. The molecule has 7 heteroatoms. The Morgan fingerprint density at radius 3 is 2.81 bits per heavy atom. The number of nitrogens with one attached hydrogen (secondary N) is 1. The average Bonchev–Trinajstić information content (AvgIpc) is 3.16. The van der Waals surface area contributed by atoms with E-state index < -0.39 is 6.10 Å². The van der Waals surface area contributed by atoms with Crippen LogP contribution < -0.4 is 15.8 Å². The van der Waals surface area contributed by atoms with Gasteiger partial charge in [0.2, 0.25) is 5.91 Å². The first kappa shape index (κ1) is 19.4. The molecule has 2 saturated heterocycles. The van der Waals surface area contributed by atoms with E-state index in [2.05, 4.69) is 5.32 Å². The minimum Gasteiger partial charge on any atom is -0.496 e. The molecule has 1 aromatic rings. The maximum Gasteiger partial charge on any atom is 0.249 e. The van der Waals surface area contributed by atoms with Crippen LogP contribution in [0.25, 0.3) is 0 Å². The molecule has 6 nitrogen and oxygen atoms in total. The quantitative estimate of drug-likeness (QED) is 0.786. The Bertz CT molecular complexity index is 634. The van der Waals surface area contributed by atoms with Gasteiger partial charge in [-0.2, -0.15) is 0 Å².